The molecule has 8 aromatic rings. The quantitative estimate of drug-likeness (QED) is 0.154. The number of hydrogen-bond acceptors (Lipinski definition) is 1. The fourth-order valence-corrected chi connectivity index (χ4v) is 6.76. The molecular weight excluding hydrogens is 591 g/mol. The molecule has 0 fully saturated rings. The summed E-state index contributed by atoms with van der Waals surface area (Å²) in [5.74, 6) is 0. The number of benzene rings is 8. The molecular formula is C48H37N. The van der Waals surface area contributed by atoms with Crippen molar-refractivity contribution in [2.75, 3.05) is 4.90 Å². The maximum Gasteiger partial charge on any atom is 0.0468 e. The zero-order valence-electron chi connectivity index (χ0n) is 27.4. The molecule has 0 spiro atoms. The van der Waals surface area contributed by atoms with E-state index in [1.165, 1.54) is 55.3 Å². The second-order valence-electron chi connectivity index (χ2n) is 12.6. The molecule has 0 amide bonds. The van der Waals surface area contributed by atoms with Crippen LogP contribution in [0, 0.1) is 0 Å². The Hall–Kier alpha value is -6.18. The van der Waals surface area contributed by atoms with E-state index in [4.69, 9.17) is 0 Å². The third-order valence-corrected chi connectivity index (χ3v) is 9.38. The van der Waals surface area contributed by atoms with Crippen LogP contribution in [0.2, 0.25) is 0 Å². The SMILES string of the molecule is c1ccc(CCc2ccc(-c3ccc(N(c4ccccc4)c4ccc(-c5ccc6ccccc6c5)cc4)cc3-c3ccccc3)cc2)cc1. The van der Waals surface area contributed by atoms with Crippen molar-refractivity contribution in [2.45, 2.75) is 12.8 Å². The molecule has 0 saturated carbocycles. The van der Waals surface area contributed by atoms with Gasteiger partial charge in [-0.2, -0.15) is 0 Å². The standard InChI is InChI=1S/C48H37N/c1-4-12-36(13-5-1)20-21-37-22-24-41(25-23-37)47-33-32-46(35-48(47)40-15-6-2-7-16-40)49(44-18-8-3-9-19-44)45-30-28-39(29-31-45)43-27-26-38-14-10-11-17-42(38)34-43/h1-19,22-35H,20-21H2. The molecule has 0 aliphatic heterocycles. The first-order chi connectivity index (χ1) is 24.3. The normalized spacial score (nSPS) is 11.0. The lowest BCUT2D eigenvalue weighted by Gasteiger charge is -2.27. The number of nitrogens with zero attached hydrogens (tertiary/aromatic N) is 1. The van der Waals surface area contributed by atoms with Crippen LogP contribution in [0.25, 0.3) is 44.2 Å². The van der Waals surface area contributed by atoms with E-state index in [9.17, 15) is 0 Å². The summed E-state index contributed by atoms with van der Waals surface area (Å²) in [6.45, 7) is 0. The summed E-state index contributed by atoms with van der Waals surface area (Å²) in [4.78, 5) is 2.35. The Morgan fingerprint density at radius 3 is 1.51 bits per heavy atom. The van der Waals surface area contributed by atoms with Gasteiger partial charge in [0.1, 0.15) is 0 Å². The van der Waals surface area contributed by atoms with Crippen molar-refractivity contribution in [3.63, 3.8) is 0 Å². The summed E-state index contributed by atoms with van der Waals surface area (Å²) in [7, 11) is 0. The van der Waals surface area contributed by atoms with Gasteiger partial charge in [0.15, 0.2) is 0 Å². The maximum absolute atomic E-state index is 2.35. The van der Waals surface area contributed by atoms with Crippen LogP contribution in [0.4, 0.5) is 17.1 Å². The van der Waals surface area contributed by atoms with E-state index >= 15 is 0 Å². The number of para-hydroxylation sites is 1. The average molecular weight is 628 g/mol. The van der Waals surface area contributed by atoms with E-state index < -0.39 is 0 Å². The minimum absolute atomic E-state index is 1.03. The van der Waals surface area contributed by atoms with Crippen molar-refractivity contribution in [2.24, 2.45) is 0 Å². The summed E-state index contributed by atoms with van der Waals surface area (Å²) in [5, 5.41) is 2.51. The Morgan fingerprint density at radius 2 is 0.796 bits per heavy atom. The first-order valence-electron chi connectivity index (χ1n) is 17.1. The van der Waals surface area contributed by atoms with Crippen LogP contribution in [0.15, 0.2) is 200 Å². The Labute approximate surface area is 289 Å². The highest BCUT2D eigenvalue weighted by molar-refractivity contribution is 5.90. The molecule has 0 radical (unpaired) electrons. The van der Waals surface area contributed by atoms with Gasteiger partial charge in [0.25, 0.3) is 0 Å². The largest absolute Gasteiger partial charge is 0.310 e. The van der Waals surface area contributed by atoms with Crippen molar-refractivity contribution in [3.8, 4) is 33.4 Å². The van der Waals surface area contributed by atoms with Gasteiger partial charge in [0, 0.05) is 17.1 Å². The van der Waals surface area contributed by atoms with Crippen LogP contribution in [-0.2, 0) is 12.8 Å². The predicted molar refractivity (Wildman–Crippen MR) is 209 cm³/mol. The number of fused-ring (bicyclic) bond motifs is 1. The summed E-state index contributed by atoms with van der Waals surface area (Å²) in [5.41, 5.74) is 13.4. The zero-order valence-corrected chi connectivity index (χ0v) is 27.4. The van der Waals surface area contributed by atoms with Gasteiger partial charge in [-0.3, -0.25) is 0 Å². The molecule has 1 nitrogen and oxygen atoms in total. The van der Waals surface area contributed by atoms with E-state index in [0.717, 1.165) is 29.9 Å². The van der Waals surface area contributed by atoms with E-state index in [0.29, 0.717) is 0 Å². The maximum atomic E-state index is 2.35. The van der Waals surface area contributed by atoms with Gasteiger partial charge < -0.3 is 4.90 Å². The lowest BCUT2D eigenvalue weighted by atomic mass is 9.92. The van der Waals surface area contributed by atoms with Crippen molar-refractivity contribution in [1.29, 1.82) is 0 Å². The van der Waals surface area contributed by atoms with Crippen LogP contribution in [0.5, 0.6) is 0 Å². The second kappa shape index (κ2) is 13.9. The van der Waals surface area contributed by atoms with Gasteiger partial charge in [-0.05, 0) is 111 Å². The minimum atomic E-state index is 1.03. The van der Waals surface area contributed by atoms with Gasteiger partial charge in [-0.1, -0.05) is 158 Å². The van der Waals surface area contributed by atoms with Crippen LogP contribution >= 0.6 is 0 Å². The van der Waals surface area contributed by atoms with Crippen molar-refractivity contribution >= 4 is 27.8 Å². The highest BCUT2D eigenvalue weighted by atomic mass is 15.1. The molecule has 0 aliphatic carbocycles. The van der Waals surface area contributed by atoms with Gasteiger partial charge >= 0.3 is 0 Å². The summed E-state index contributed by atoms with van der Waals surface area (Å²) in [6, 6.07) is 72.4. The molecule has 0 N–H and O–H groups in total. The highest BCUT2D eigenvalue weighted by Gasteiger charge is 2.16. The van der Waals surface area contributed by atoms with Crippen LogP contribution in [0.3, 0.4) is 0 Å². The number of hydrogen-bond donors (Lipinski definition) is 0. The highest BCUT2D eigenvalue weighted by Crippen LogP contribution is 2.41. The number of anilines is 3. The fourth-order valence-electron chi connectivity index (χ4n) is 6.76. The Morgan fingerprint density at radius 1 is 0.286 bits per heavy atom. The lowest BCUT2D eigenvalue weighted by molar-refractivity contribution is 0.960. The first kappa shape index (κ1) is 30.2. The Kier molecular flexibility index (Phi) is 8.56. The molecule has 0 unspecified atom stereocenters. The Balaban J connectivity index is 1.15. The molecule has 0 aromatic heterocycles. The molecule has 1 heteroatoms. The molecule has 0 bridgehead atoms. The summed E-state index contributed by atoms with van der Waals surface area (Å²) < 4.78 is 0. The van der Waals surface area contributed by atoms with Crippen molar-refractivity contribution in [1.82, 2.24) is 0 Å². The third-order valence-electron chi connectivity index (χ3n) is 9.38. The fraction of sp³-hybridized carbons (Fsp3) is 0.0417. The second-order valence-corrected chi connectivity index (χ2v) is 12.6. The molecule has 234 valence electrons. The van der Waals surface area contributed by atoms with Gasteiger partial charge in [-0.15, -0.1) is 0 Å². The molecule has 0 saturated heterocycles. The monoisotopic (exact) mass is 627 g/mol. The topological polar surface area (TPSA) is 3.24 Å². The van der Waals surface area contributed by atoms with Crippen LogP contribution in [-0.4, -0.2) is 0 Å². The molecule has 49 heavy (non-hydrogen) atoms. The van der Waals surface area contributed by atoms with E-state index in [1.807, 2.05) is 0 Å². The van der Waals surface area contributed by atoms with Gasteiger partial charge in [-0.25, -0.2) is 0 Å². The lowest BCUT2D eigenvalue weighted by Crippen LogP contribution is -2.10. The summed E-state index contributed by atoms with van der Waals surface area (Å²) >= 11 is 0. The Bertz CT molecular complexity index is 2290. The van der Waals surface area contributed by atoms with Crippen molar-refractivity contribution in [3.05, 3.63) is 211 Å². The minimum Gasteiger partial charge on any atom is -0.310 e. The zero-order chi connectivity index (χ0) is 32.8. The van der Waals surface area contributed by atoms with Gasteiger partial charge in [0.05, 0.1) is 0 Å². The van der Waals surface area contributed by atoms with E-state index in [2.05, 4.69) is 205 Å². The molecule has 8 rings (SSSR count). The molecule has 0 atom stereocenters. The number of aryl methyl sites for hydroxylation is 2. The molecule has 0 heterocycles. The predicted octanol–water partition coefficient (Wildman–Crippen LogP) is 13.1. The van der Waals surface area contributed by atoms with Gasteiger partial charge in [0.2, 0.25) is 0 Å². The molecule has 0 aliphatic rings. The third kappa shape index (κ3) is 6.66. The van der Waals surface area contributed by atoms with Crippen LogP contribution < -0.4 is 4.90 Å². The average Bonchev–Trinajstić information content (AvgIpc) is 3.19. The van der Waals surface area contributed by atoms with E-state index in [1.54, 1.807) is 0 Å². The van der Waals surface area contributed by atoms with Crippen LogP contribution in [0.1, 0.15) is 11.1 Å². The van der Waals surface area contributed by atoms with E-state index in [-0.39, 0.29) is 0 Å². The smallest absolute Gasteiger partial charge is 0.0468 e. The first-order valence-corrected chi connectivity index (χ1v) is 17.1. The van der Waals surface area contributed by atoms with Crippen molar-refractivity contribution < 1.29 is 0 Å². The number of rotatable bonds is 9. The molecule has 8 aromatic carbocycles. The summed E-state index contributed by atoms with van der Waals surface area (Å²) in [6.07, 6.45) is 2.07.